The van der Waals surface area contributed by atoms with Gasteiger partial charge in [0.15, 0.2) is 23.5 Å². The van der Waals surface area contributed by atoms with Gasteiger partial charge < -0.3 is 24.3 Å². The first-order valence-electron chi connectivity index (χ1n) is 7.40. The zero-order valence-corrected chi connectivity index (χ0v) is 12.1. The molecule has 0 aromatic heterocycles. The average Bonchev–Trinajstić information content (AvgIpc) is 2.95. The van der Waals surface area contributed by atoms with Crippen LogP contribution in [0.1, 0.15) is 33.1 Å². The highest BCUT2D eigenvalue weighted by Gasteiger charge is 2.71. The first-order chi connectivity index (χ1) is 9.92. The predicted octanol–water partition coefficient (Wildman–Crippen LogP) is -0.130. The number of carbonyl (C=O) groups is 2. The standard InChI is InChI=1S/C14H19NO6/c1-13(2)20-11-12-18-6-7(19-12)10-14(11,21-13)8(16)4-3-5-9(17)15-10/h7,10-12H,3-6H2,1-2H3,(H,15,17)/t7-,10-,11-,12-,14+/m1/s1. The van der Waals surface area contributed by atoms with Gasteiger partial charge in [-0.25, -0.2) is 0 Å². The molecule has 0 unspecified atom stereocenters. The van der Waals surface area contributed by atoms with Crippen LogP contribution in [0.15, 0.2) is 0 Å². The Morgan fingerprint density at radius 2 is 2.05 bits per heavy atom. The largest absolute Gasteiger partial charge is 0.347 e. The maximum atomic E-state index is 12.9. The van der Waals surface area contributed by atoms with Gasteiger partial charge in [-0.05, 0) is 20.3 Å². The lowest BCUT2D eigenvalue weighted by Crippen LogP contribution is -2.72. The van der Waals surface area contributed by atoms with Crippen LogP contribution in [0.5, 0.6) is 0 Å². The van der Waals surface area contributed by atoms with E-state index in [1.807, 2.05) is 0 Å². The summed E-state index contributed by atoms with van der Waals surface area (Å²) in [4.78, 5) is 24.9. The Bertz CT molecular complexity index is 506. The molecule has 0 radical (unpaired) electrons. The van der Waals surface area contributed by atoms with Crippen molar-refractivity contribution in [3.8, 4) is 0 Å². The van der Waals surface area contributed by atoms with Crippen molar-refractivity contribution in [2.75, 3.05) is 6.61 Å². The van der Waals surface area contributed by atoms with E-state index in [4.69, 9.17) is 18.9 Å². The lowest BCUT2D eigenvalue weighted by Gasteiger charge is -2.45. The molecular formula is C14H19NO6. The molecule has 0 aromatic carbocycles. The Kier molecular flexibility index (Phi) is 2.76. The second-order valence-corrected chi connectivity index (χ2v) is 6.53. The highest BCUT2D eigenvalue weighted by Crippen LogP contribution is 2.49. The average molecular weight is 297 g/mol. The number of ether oxygens (including phenoxy) is 4. The van der Waals surface area contributed by atoms with Gasteiger partial charge in [-0.1, -0.05) is 0 Å². The molecule has 1 spiro atoms. The molecule has 0 aliphatic carbocycles. The Labute approximate surface area is 122 Å². The van der Waals surface area contributed by atoms with Gasteiger partial charge in [0.25, 0.3) is 0 Å². The molecule has 4 saturated heterocycles. The molecule has 2 bridgehead atoms. The van der Waals surface area contributed by atoms with Gasteiger partial charge in [0, 0.05) is 12.8 Å². The normalized spacial score (nSPS) is 48.1. The van der Waals surface area contributed by atoms with Gasteiger partial charge in [0.05, 0.1) is 12.6 Å². The van der Waals surface area contributed by atoms with E-state index in [9.17, 15) is 9.59 Å². The Morgan fingerprint density at radius 3 is 2.86 bits per heavy atom. The molecule has 7 nitrogen and oxygen atoms in total. The van der Waals surface area contributed by atoms with Crippen molar-refractivity contribution in [2.45, 2.75) is 69.0 Å². The topological polar surface area (TPSA) is 83.1 Å². The van der Waals surface area contributed by atoms with E-state index >= 15 is 0 Å². The van der Waals surface area contributed by atoms with Crippen molar-refractivity contribution < 1.29 is 28.5 Å². The molecule has 5 atom stereocenters. The molecule has 7 heteroatoms. The number of amides is 1. The first-order valence-corrected chi connectivity index (χ1v) is 7.40. The summed E-state index contributed by atoms with van der Waals surface area (Å²) in [6.07, 6.45) is -0.485. The maximum absolute atomic E-state index is 12.9. The molecule has 4 rings (SSSR count). The molecule has 116 valence electrons. The molecule has 0 saturated carbocycles. The van der Waals surface area contributed by atoms with Crippen LogP contribution in [0.4, 0.5) is 0 Å². The van der Waals surface area contributed by atoms with Crippen molar-refractivity contribution >= 4 is 11.7 Å². The van der Waals surface area contributed by atoms with E-state index in [1.165, 1.54) is 0 Å². The number of hydrogen-bond acceptors (Lipinski definition) is 6. The van der Waals surface area contributed by atoms with Gasteiger partial charge >= 0.3 is 0 Å². The summed E-state index contributed by atoms with van der Waals surface area (Å²) >= 11 is 0. The fraction of sp³-hybridized carbons (Fsp3) is 0.857. The van der Waals surface area contributed by atoms with Crippen LogP contribution in [0.25, 0.3) is 0 Å². The number of ketones is 1. The third-order valence-electron chi connectivity index (χ3n) is 4.62. The van der Waals surface area contributed by atoms with Gasteiger partial charge in [-0.2, -0.15) is 0 Å². The quantitative estimate of drug-likeness (QED) is 0.670. The number of Topliss-reactive ketones (excluding diaryl/α,β-unsaturated/α-hetero) is 1. The summed E-state index contributed by atoms with van der Waals surface area (Å²) < 4.78 is 23.3. The summed E-state index contributed by atoms with van der Waals surface area (Å²) in [5, 5.41) is 2.91. The van der Waals surface area contributed by atoms with E-state index in [0.717, 1.165) is 0 Å². The fourth-order valence-electron chi connectivity index (χ4n) is 3.87. The Hall–Kier alpha value is -1.02. The molecule has 21 heavy (non-hydrogen) atoms. The Morgan fingerprint density at radius 1 is 1.24 bits per heavy atom. The van der Waals surface area contributed by atoms with Gasteiger partial charge in [0.1, 0.15) is 12.2 Å². The van der Waals surface area contributed by atoms with Crippen LogP contribution in [-0.4, -0.2) is 54.2 Å². The maximum Gasteiger partial charge on any atom is 0.220 e. The second-order valence-electron chi connectivity index (χ2n) is 6.53. The van der Waals surface area contributed by atoms with Crippen molar-refractivity contribution in [1.29, 1.82) is 0 Å². The molecule has 4 aliphatic rings. The lowest BCUT2D eigenvalue weighted by atomic mass is 9.77. The Balaban J connectivity index is 1.82. The molecule has 0 aromatic rings. The van der Waals surface area contributed by atoms with E-state index in [-0.39, 0.29) is 17.8 Å². The number of carbonyl (C=O) groups excluding carboxylic acids is 2. The number of rotatable bonds is 0. The van der Waals surface area contributed by atoms with Crippen LogP contribution in [0, 0.1) is 0 Å². The van der Waals surface area contributed by atoms with Gasteiger partial charge in [-0.3, -0.25) is 9.59 Å². The molecule has 1 amide bonds. The summed E-state index contributed by atoms with van der Waals surface area (Å²) in [7, 11) is 0. The minimum Gasteiger partial charge on any atom is -0.347 e. The fourth-order valence-corrected chi connectivity index (χ4v) is 3.87. The van der Waals surface area contributed by atoms with E-state index in [1.54, 1.807) is 13.8 Å². The highest BCUT2D eigenvalue weighted by atomic mass is 16.8. The highest BCUT2D eigenvalue weighted by molar-refractivity contribution is 5.92. The van der Waals surface area contributed by atoms with Crippen molar-refractivity contribution in [1.82, 2.24) is 5.32 Å². The van der Waals surface area contributed by atoms with E-state index in [2.05, 4.69) is 5.32 Å². The summed E-state index contributed by atoms with van der Waals surface area (Å²) in [6, 6.07) is -0.566. The van der Waals surface area contributed by atoms with Crippen molar-refractivity contribution in [2.24, 2.45) is 0 Å². The first kappa shape index (κ1) is 13.6. The summed E-state index contributed by atoms with van der Waals surface area (Å²) in [5.41, 5.74) is -1.20. The molecule has 4 aliphatic heterocycles. The van der Waals surface area contributed by atoms with Crippen LogP contribution in [0.2, 0.25) is 0 Å². The summed E-state index contributed by atoms with van der Waals surface area (Å²) in [6.45, 7) is 3.85. The van der Waals surface area contributed by atoms with Crippen molar-refractivity contribution in [3.05, 3.63) is 0 Å². The lowest BCUT2D eigenvalue weighted by molar-refractivity contribution is -0.203. The van der Waals surface area contributed by atoms with Crippen LogP contribution < -0.4 is 5.32 Å². The minimum atomic E-state index is -1.20. The van der Waals surface area contributed by atoms with E-state index < -0.39 is 29.8 Å². The minimum absolute atomic E-state index is 0.0353. The molecule has 1 N–H and O–H groups in total. The molecule has 4 fully saturated rings. The third kappa shape index (κ3) is 1.81. The molecule has 4 heterocycles. The smallest absolute Gasteiger partial charge is 0.220 e. The van der Waals surface area contributed by atoms with Gasteiger partial charge in [-0.15, -0.1) is 0 Å². The number of nitrogens with one attached hydrogen (secondary N) is 1. The van der Waals surface area contributed by atoms with Crippen LogP contribution in [-0.2, 0) is 28.5 Å². The summed E-state index contributed by atoms with van der Waals surface area (Å²) in [5.74, 6) is -1.04. The molecular weight excluding hydrogens is 278 g/mol. The second kappa shape index (κ2) is 4.25. The predicted molar refractivity (Wildman–Crippen MR) is 68.2 cm³/mol. The third-order valence-corrected chi connectivity index (χ3v) is 4.62. The zero-order chi connectivity index (χ0) is 14.8. The zero-order valence-electron chi connectivity index (χ0n) is 12.1. The number of hydrogen-bond donors (Lipinski definition) is 1. The van der Waals surface area contributed by atoms with Crippen LogP contribution in [0.3, 0.4) is 0 Å². The SMILES string of the molecule is CC1(C)O[C@@H]2[C@@H]3OC[C@@H](O3)[C@H]3NC(=O)CCCC(=O)[C@]32O1. The number of fused-ring (bicyclic) bond motifs is 4. The monoisotopic (exact) mass is 297 g/mol. The van der Waals surface area contributed by atoms with Crippen molar-refractivity contribution in [3.63, 3.8) is 0 Å². The van der Waals surface area contributed by atoms with Crippen LogP contribution >= 0.6 is 0 Å². The van der Waals surface area contributed by atoms with Gasteiger partial charge in [0.2, 0.25) is 5.91 Å². The van der Waals surface area contributed by atoms with E-state index in [0.29, 0.717) is 25.9 Å².